The van der Waals surface area contributed by atoms with Crippen LogP contribution in [0.2, 0.25) is 0 Å². The lowest BCUT2D eigenvalue weighted by molar-refractivity contribution is 1.43. The van der Waals surface area contributed by atoms with Gasteiger partial charge in [-0.25, -0.2) is 0 Å². The fourth-order valence-electron chi connectivity index (χ4n) is 2.06. The summed E-state index contributed by atoms with van der Waals surface area (Å²) in [5.74, 6) is 0. The number of hydrogen-bond donors (Lipinski definition) is 2. The van der Waals surface area contributed by atoms with E-state index in [1.165, 1.54) is 16.5 Å². The Hall–Kier alpha value is -2.48. The molecule has 0 amide bonds. The minimum Gasteiger partial charge on any atom is -0.399 e. The van der Waals surface area contributed by atoms with Gasteiger partial charge in [-0.05, 0) is 42.3 Å². The number of benzene rings is 2. The second kappa shape index (κ2) is 7.95. The van der Waals surface area contributed by atoms with Crippen molar-refractivity contribution in [2.24, 2.45) is 0 Å². The van der Waals surface area contributed by atoms with Crippen LogP contribution in [-0.4, -0.2) is 4.98 Å². The monoisotopic (exact) mass is 280 g/mol. The molecule has 0 saturated heterocycles. The summed E-state index contributed by atoms with van der Waals surface area (Å²) in [6, 6.07) is 16.5. The van der Waals surface area contributed by atoms with Gasteiger partial charge in [-0.2, -0.15) is 0 Å². The van der Waals surface area contributed by atoms with E-state index in [4.69, 9.17) is 5.73 Å². The number of aromatic nitrogens is 1. The van der Waals surface area contributed by atoms with Crippen LogP contribution in [0.3, 0.4) is 0 Å². The summed E-state index contributed by atoms with van der Waals surface area (Å²) in [5, 5.41) is 1.24. The first-order chi connectivity index (χ1) is 10.2. The van der Waals surface area contributed by atoms with Gasteiger partial charge in [0.25, 0.3) is 0 Å². The minimum absolute atomic E-state index is 0.792. The molecule has 2 aromatic carbocycles. The predicted molar refractivity (Wildman–Crippen MR) is 95.5 cm³/mol. The molecule has 0 aliphatic carbocycles. The quantitative estimate of drug-likeness (QED) is 0.445. The zero-order valence-corrected chi connectivity index (χ0v) is 13.1. The van der Waals surface area contributed by atoms with Gasteiger partial charge < -0.3 is 10.7 Å². The molecule has 21 heavy (non-hydrogen) atoms. The number of fused-ring (bicyclic) bond motifs is 1. The first kappa shape index (κ1) is 16.6. The summed E-state index contributed by atoms with van der Waals surface area (Å²) in [6.45, 7) is 12.1. The van der Waals surface area contributed by atoms with Crippen molar-refractivity contribution in [2.45, 2.75) is 20.8 Å². The Morgan fingerprint density at radius 3 is 2.14 bits per heavy atom. The maximum Gasteiger partial charge on any atom is 0.0464 e. The first-order valence-corrected chi connectivity index (χ1v) is 7.18. The molecule has 2 heteroatoms. The van der Waals surface area contributed by atoms with Gasteiger partial charge in [0, 0.05) is 22.3 Å². The molecule has 0 radical (unpaired) electrons. The fraction of sp³-hybridized carbons (Fsp3) is 0.158. The Morgan fingerprint density at radius 1 is 0.905 bits per heavy atom. The highest BCUT2D eigenvalue weighted by Crippen LogP contribution is 2.25. The van der Waals surface area contributed by atoms with Crippen LogP contribution in [0.25, 0.3) is 22.2 Å². The van der Waals surface area contributed by atoms with E-state index in [1.807, 2.05) is 38.1 Å². The number of anilines is 1. The van der Waals surface area contributed by atoms with Gasteiger partial charge >= 0.3 is 0 Å². The number of hydrogen-bond acceptors (Lipinski definition) is 1. The molecule has 0 unspecified atom stereocenters. The molecular weight excluding hydrogens is 256 g/mol. The summed E-state index contributed by atoms with van der Waals surface area (Å²) >= 11 is 0. The minimum atomic E-state index is 0.792. The van der Waals surface area contributed by atoms with Crippen molar-refractivity contribution >= 4 is 16.6 Å². The predicted octanol–water partition coefficient (Wildman–Crippen LogP) is 5.55. The molecule has 0 spiro atoms. The summed E-state index contributed by atoms with van der Waals surface area (Å²) in [4.78, 5) is 3.43. The van der Waals surface area contributed by atoms with E-state index in [9.17, 15) is 0 Å². The van der Waals surface area contributed by atoms with E-state index in [-0.39, 0.29) is 0 Å². The summed E-state index contributed by atoms with van der Waals surface area (Å²) < 4.78 is 0. The Bertz CT molecular complexity index is 678. The van der Waals surface area contributed by atoms with Crippen LogP contribution in [0.4, 0.5) is 5.69 Å². The Morgan fingerprint density at radius 2 is 1.52 bits per heavy atom. The third kappa shape index (κ3) is 3.99. The molecule has 0 atom stereocenters. The second-order valence-electron chi connectivity index (χ2n) is 4.40. The van der Waals surface area contributed by atoms with E-state index >= 15 is 0 Å². The maximum atomic E-state index is 5.69. The van der Waals surface area contributed by atoms with Crippen LogP contribution >= 0.6 is 0 Å². The topological polar surface area (TPSA) is 41.8 Å². The Balaban J connectivity index is 0.000000510. The summed E-state index contributed by atoms with van der Waals surface area (Å²) in [7, 11) is 0. The molecule has 0 aliphatic rings. The largest absolute Gasteiger partial charge is 0.399 e. The van der Waals surface area contributed by atoms with E-state index in [0.717, 1.165) is 16.9 Å². The van der Waals surface area contributed by atoms with Crippen LogP contribution in [0.5, 0.6) is 0 Å². The molecule has 0 bridgehead atoms. The van der Waals surface area contributed by atoms with Gasteiger partial charge in [-0.3, -0.25) is 0 Å². The van der Waals surface area contributed by atoms with Crippen molar-refractivity contribution in [3.05, 3.63) is 67.3 Å². The third-order valence-corrected chi connectivity index (χ3v) is 3.00. The van der Waals surface area contributed by atoms with E-state index in [1.54, 1.807) is 0 Å². The molecular formula is C19H24N2. The van der Waals surface area contributed by atoms with Gasteiger partial charge in [-0.1, -0.05) is 38.1 Å². The number of aromatic amines is 1. The summed E-state index contributed by atoms with van der Waals surface area (Å²) in [6.07, 6.45) is 0. The zero-order chi connectivity index (χ0) is 15.8. The number of nitrogens with two attached hydrogens (primary N) is 1. The molecule has 110 valence electrons. The van der Waals surface area contributed by atoms with Crippen molar-refractivity contribution in [1.29, 1.82) is 0 Å². The third-order valence-electron chi connectivity index (χ3n) is 3.00. The first-order valence-electron chi connectivity index (χ1n) is 7.18. The van der Waals surface area contributed by atoms with E-state index in [0.29, 0.717) is 0 Å². The van der Waals surface area contributed by atoms with E-state index in [2.05, 4.69) is 49.3 Å². The molecule has 3 aromatic rings. The highest BCUT2D eigenvalue weighted by Gasteiger charge is 2.02. The average molecular weight is 280 g/mol. The number of nitrogens with one attached hydrogen (secondary N) is 1. The molecule has 1 heterocycles. The Kier molecular flexibility index (Phi) is 6.28. The lowest BCUT2D eigenvalue weighted by atomic mass is 10.1. The van der Waals surface area contributed by atoms with Gasteiger partial charge in [0.2, 0.25) is 0 Å². The standard InChI is InChI=1S/C15H14N2.C2H6.C2H4/c1-10-2-3-12-9-15(17-14(12)8-10)11-4-6-13(16)7-5-11;2*1-2/h2-9,17H,16H2,1H3;1-2H3;1-2H2. The highest BCUT2D eigenvalue weighted by molar-refractivity contribution is 5.86. The van der Waals surface area contributed by atoms with Crippen molar-refractivity contribution in [1.82, 2.24) is 4.98 Å². The molecule has 0 saturated carbocycles. The van der Waals surface area contributed by atoms with Crippen molar-refractivity contribution in [3.8, 4) is 11.3 Å². The fourth-order valence-corrected chi connectivity index (χ4v) is 2.06. The van der Waals surface area contributed by atoms with Crippen LogP contribution in [0.15, 0.2) is 61.7 Å². The molecule has 1 aromatic heterocycles. The van der Waals surface area contributed by atoms with Gasteiger partial charge in [0.05, 0.1) is 0 Å². The molecule has 3 N–H and O–H groups in total. The average Bonchev–Trinajstić information content (AvgIpc) is 2.95. The van der Waals surface area contributed by atoms with Crippen LogP contribution < -0.4 is 5.73 Å². The second-order valence-corrected chi connectivity index (χ2v) is 4.40. The Labute approximate surface area is 127 Å². The van der Waals surface area contributed by atoms with Gasteiger partial charge in [-0.15, -0.1) is 13.2 Å². The summed E-state index contributed by atoms with van der Waals surface area (Å²) in [5.41, 5.74) is 11.2. The van der Waals surface area contributed by atoms with Crippen LogP contribution in [-0.2, 0) is 0 Å². The SMILES string of the molecule is C=C.CC.Cc1ccc2cc(-c3ccc(N)cc3)[nH]c2c1. The van der Waals surface area contributed by atoms with Crippen molar-refractivity contribution in [3.63, 3.8) is 0 Å². The zero-order valence-electron chi connectivity index (χ0n) is 13.1. The van der Waals surface area contributed by atoms with Gasteiger partial charge in [0.15, 0.2) is 0 Å². The smallest absolute Gasteiger partial charge is 0.0464 e. The number of rotatable bonds is 1. The van der Waals surface area contributed by atoms with Crippen LogP contribution in [0.1, 0.15) is 19.4 Å². The number of H-pyrrole nitrogens is 1. The number of aryl methyl sites for hydroxylation is 1. The lowest BCUT2D eigenvalue weighted by Gasteiger charge is -1.98. The number of nitrogen functional groups attached to an aromatic ring is 1. The van der Waals surface area contributed by atoms with E-state index < -0.39 is 0 Å². The molecule has 3 rings (SSSR count). The normalized spacial score (nSPS) is 9.29. The van der Waals surface area contributed by atoms with Gasteiger partial charge in [0.1, 0.15) is 0 Å². The maximum absolute atomic E-state index is 5.69. The molecule has 0 aliphatic heterocycles. The van der Waals surface area contributed by atoms with Crippen molar-refractivity contribution < 1.29 is 0 Å². The highest BCUT2D eigenvalue weighted by atomic mass is 14.7. The lowest BCUT2D eigenvalue weighted by Crippen LogP contribution is -1.83. The molecule has 2 nitrogen and oxygen atoms in total. The van der Waals surface area contributed by atoms with Crippen LogP contribution in [0, 0.1) is 6.92 Å². The molecule has 0 fully saturated rings. The van der Waals surface area contributed by atoms with Crippen molar-refractivity contribution in [2.75, 3.05) is 5.73 Å².